The van der Waals surface area contributed by atoms with Gasteiger partial charge in [0, 0.05) is 0 Å². The molecule has 0 unspecified atom stereocenters. The van der Waals surface area contributed by atoms with Crippen LogP contribution in [0.15, 0.2) is 23.8 Å². The van der Waals surface area contributed by atoms with Crippen LogP contribution in [0, 0.1) is 0 Å². The molecule has 51 valence electrons. The molecule has 0 heterocycles. The molecule has 0 saturated carbocycles. The Labute approximate surface area is 83.5 Å². The van der Waals surface area contributed by atoms with Gasteiger partial charge in [0.15, 0.2) is 0 Å². The van der Waals surface area contributed by atoms with E-state index in [2.05, 4.69) is 18.2 Å². The van der Waals surface area contributed by atoms with E-state index in [0.717, 1.165) is 0 Å². The molecular weight excluding hydrogens is 234 g/mol. The van der Waals surface area contributed by atoms with Gasteiger partial charge >= 0.3 is 59.1 Å². The second-order valence-electron chi connectivity index (χ2n) is 1.63. The monoisotopic (exact) mass is 241 g/mol. The fourth-order valence-electron chi connectivity index (χ4n) is 0.623. The molecule has 9 heavy (non-hydrogen) atoms. The van der Waals surface area contributed by atoms with Gasteiger partial charge in [0.05, 0.1) is 0 Å². The van der Waals surface area contributed by atoms with Gasteiger partial charge in [0.1, 0.15) is 0 Å². The Morgan fingerprint density at radius 3 is 2.33 bits per heavy atom. The average Bonchev–Trinajstić information content (AvgIpc) is 2.14. The summed E-state index contributed by atoms with van der Waals surface area (Å²) in [7, 11) is 0. The Hall–Kier alpha value is 0.943. The third-order valence-electron chi connectivity index (χ3n) is 1.08. The van der Waals surface area contributed by atoms with Gasteiger partial charge in [-0.25, -0.2) is 0 Å². The third kappa shape index (κ3) is 4.36. The molecule has 1 rings (SSSR count). The van der Waals surface area contributed by atoms with Crippen molar-refractivity contribution in [2.45, 2.75) is 10.5 Å². The molecule has 0 aromatic heterocycles. The van der Waals surface area contributed by atoms with Gasteiger partial charge in [-0.2, -0.15) is 0 Å². The molecule has 0 amide bonds. The van der Waals surface area contributed by atoms with Crippen molar-refractivity contribution in [3.63, 3.8) is 0 Å². The molecule has 1 aliphatic carbocycles. The van der Waals surface area contributed by atoms with E-state index in [1.165, 1.54) is 10.5 Å². The Morgan fingerprint density at radius 1 is 1.44 bits per heavy atom. The van der Waals surface area contributed by atoms with Crippen molar-refractivity contribution in [1.29, 1.82) is 0 Å². The maximum atomic E-state index is 2.22. The Morgan fingerprint density at radius 2 is 2.11 bits per heavy atom. The van der Waals surface area contributed by atoms with Crippen LogP contribution in [0.1, 0.15) is 6.42 Å². The zero-order chi connectivity index (χ0) is 5.11. The summed E-state index contributed by atoms with van der Waals surface area (Å²) < 4.78 is 1.31. The maximum absolute atomic E-state index is 2.22. The van der Waals surface area contributed by atoms with Crippen molar-refractivity contribution in [1.82, 2.24) is 0 Å². The van der Waals surface area contributed by atoms with E-state index < -0.39 is 0 Å². The molecule has 0 radical (unpaired) electrons. The summed E-state index contributed by atoms with van der Waals surface area (Å²) in [5.41, 5.74) is 1.60. The molecule has 0 fully saturated rings. The van der Waals surface area contributed by atoms with E-state index in [-0.39, 0.29) is 24.8 Å². The van der Waals surface area contributed by atoms with Gasteiger partial charge in [-0.05, 0) is 0 Å². The van der Waals surface area contributed by atoms with E-state index in [4.69, 9.17) is 0 Å². The first-order valence-corrected chi connectivity index (χ1v) is 4.16. The second-order valence-corrected chi connectivity index (χ2v) is 2.50. The van der Waals surface area contributed by atoms with Gasteiger partial charge in [0.2, 0.25) is 0 Å². The minimum absolute atomic E-state index is 0. The van der Waals surface area contributed by atoms with E-state index in [1.54, 1.807) is 30.3 Å². The summed E-state index contributed by atoms with van der Waals surface area (Å²) in [6.07, 6.45) is 7.78. The Kier molecular flexibility index (Phi) is 9.88. The summed E-state index contributed by atoms with van der Waals surface area (Å²) in [4.78, 5) is 0. The predicted octanol–water partition coefficient (Wildman–Crippen LogP) is 2.68. The average molecular weight is 243 g/mol. The molecule has 0 saturated heterocycles. The van der Waals surface area contributed by atoms with Crippen LogP contribution in [0.5, 0.6) is 0 Å². The van der Waals surface area contributed by atoms with E-state index in [9.17, 15) is 0 Å². The normalized spacial score (nSPS) is 13.4. The van der Waals surface area contributed by atoms with Crippen LogP contribution < -0.4 is 0 Å². The van der Waals surface area contributed by atoms with Crippen LogP contribution in [0.3, 0.4) is 0 Å². The van der Waals surface area contributed by atoms with Gasteiger partial charge < -0.3 is 0 Å². The molecule has 1 aliphatic rings. The standard InChI is InChI=1S/C6H7.2ClH.Zr/c1-6-4-2-3-5-6;;;/h2-4H,1,5H2;2*1H;. The van der Waals surface area contributed by atoms with Crippen molar-refractivity contribution >= 4 is 24.8 Å². The van der Waals surface area contributed by atoms with Gasteiger partial charge in [0.25, 0.3) is 0 Å². The van der Waals surface area contributed by atoms with Crippen molar-refractivity contribution in [3.8, 4) is 0 Å². The van der Waals surface area contributed by atoms with E-state index in [1.807, 2.05) is 0 Å². The molecule has 0 bridgehead atoms. The van der Waals surface area contributed by atoms with E-state index >= 15 is 0 Å². The molecule has 0 aromatic carbocycles. The summed E-state index contributed by atoms with van der Waals surface area (Å²) in [5.74, 6) is 0. The summed E-state index contributed by atoms with van der Waals surface area (Å²) in [6.45, 7) is 0. The SMILES string of the molecule is Cl.Cl.[Zr][CH2]C1=CC=CC1. The van der Waals surface area contributed by atoms with Crippen LogP contribution >= 0.6 is 24.8 Å². The van der Waals surface area contributed by atoms with Crippen molar-refractivity contribution in [2.75, 3.05) is 0 Å². The molecule has 0 spiro atoms. The first-order valence-electron chi connectivity index (χ1n) is 2.42. The number of halogens is 2. The van der Waals surface area contributed by atoms with E-state index in [0.29, 0.717) is 0 Å². The molecule has 3 heteroatoms. The first kappa shape index (κ1) is 12.6. The number of hydrogen-bond donors (Lipinski definition) is 0. The Bertz CT molecular complexity index is 118. The van der Waals surface area contributed by atoms with Gasteiger partial charge in [-0.3, -0.25) is 0 Å². The van der Waals surface area contributed by atoms with Crippen LogP contribution in [-0.4, -0.2) is 0 Å². The number of hydrogen-bond acceptors (Lipinski definition) is 0. The molecule has 0 nitrogen and oxygen atoms in total. The summed E-state index contributed by atoms with van der Waals surface area (Å²) >= 11 is 1.63. The summed E-state index contributed by atoms with van der Waals surface area (Å²) in [5, 5.41) is 0. The van der Waals surface area contributed by atoms with Crippen LogP contribution in [-0.2, 0) is 24.7 Å². The van der Waals surface area contributed by atoms with Gasteiger partial charge in [-0.15, -0.1) is 24.8 Å². The van der Waals surface area contributed by atoms with Crippen LogP contribution in [0.2, 0.25) is 4.13 Å². The topological polar surface area (TPSA) is 0 Å². The zero-order valence-electron chi connectivity index (χ0n) is 4.96. The molecular formula is C6H9Cl2Zr. The minimum atomic E-state index is 0. The molecule has 0 atom stereocenters. The molecule has 0 aliphatic heterocycles. The second kappa shape index (κ2) is 7.05. The molecule has 0 N–H and O–H groups in total. The zero-order valence-corrected chi connectivity index (χ0v) is 9.05. The fraction of sp³-hybridized carbons (Fsp3) is 0.333. The number of rotatable bonds is 1. The van der Waals surface area contributed by atoms with Crippen molar-refractivity contribution in [3.05, 3.63) is 23.8 Å². The van der Waals surface area contributed by atoms with Gasteiger partial charge in [-0.1, -0.05) is 0 Å². The Balaban J connectivity index is 0. The fourth-order valence-corrected chi connectivity index (χ4v) is 1.27. The molecule has 0 aromatic rings. The van der Waals surface area contributed by atoms with Crippen LogP contribution in [0.4, 0.5) is 0 Å². The third-order valence-corrected chi connectivity index (χ3v) is 2.19. The quantitative estimate of drug-likeness (QED) is 0.664. The first-order chi connectivity index (χ1) is 3.43. The number of allylic oxidation sites excluding steroid dienone is 4. The van der Waals surface area contributed by atoms with Crippen molar-refractivity contribution in [2.24, 2.45) is 0 Å². The predicted molar refractivity (Wildman–Crippen MR) is 41.1 cm³/mol. The van der Waals surface area contributed by atoms with Crippen molar-refractivity contribution < 1.29 is 24.7 Å². The van der Waals surface area contributed by atoms with Crippen LogP contribution in [0.25, 0.3) is 0 Å². The summed E-state index contributed by atoms with van der Waals surface area (Å²) in [6, 6.07) is 0.